The molecule has 0 heterocycles. The van der Waals surface area contributed by atoms with Crippen LogP contribution >= 0.6 is 0 Å². The molecular formula is C20H27NO. The van der Waals surface area contributed by atoms with E-state index >= 15 is 0 Å². The molecule has 0 amide bonds. The fourth-order valence-electron chi connectivity index (χ4n) is 2.70. The molecule has 2 nitrogen and oxygen atoms in total. The Labute approximate surface area is 134 Å². The molecular weight excluding hydrogens is 270 g/mol. The Balaban J connectivity index is 2.30. The number of hydrogen-bond donors (Lipinski definition) is 1. The first-order valence-corrected chi connectivity index (χ1v) is 7.98. The van der Waals surface area contributed by atoms with Crippen LogP contribution in [0.15, 0.2) is 42.5 Å². The molecule has 1 unspecified atom stereocenters. The molecule has 0 saturated heterocycles. The molecule has 0 aliphatic rings. The van der Waals surface area contributed by atoms with Crippen LogP contribution in [0.3, 0.4) is 0 Å². The molecule has 1 atom stereocenters. The fraction of sp³-hybridized carbons (Fsp3) is 0.400. The molecule has 2 rings (SSSR count). The Kier molecular flexibility index (Phi) is 5.48. The monoisotopic (exact) mass is 297 g/mol. The van der Waals surface area contributed by atoms with Crippen molar-refractivity contribution < 1.29 is 4.74 Å². The van der Waals surface area contributed by atoms with E-state index in [9.17, 15) is 0 Å². The molecule has 0 bridgehead atoms. The van der Waals surface area contributed by atoms with Crippen LogP contribution < -0.4 is 10.1 Å². The molecule has 2 heteroatoms. The van der Waals surface area contributed by atoms with Gasteiger partial charge in [0.1, 0.15) is 5.75 Å². The first-order valence-electron chi connectivity index (χ1n) is 7.98. The van der Waals surface area contributed by atoms with Crippen LogP contribution in [0.25, 0.3) is 0 Å². The zero-order chi connectivity index (χ0) is 16.1. The Morgan fingerprint density at radius 1 is 1.00 bits per heavy atom. The van der Waals surface area contributed by atoms with Crippen LogP contribution in [0.2, 0.25) is 0 Å². The maximum atomic E-state index is 5.31. The van der Waals surface area contributed by atoms with Gasteiger partial charge in [-0.2, -0.15) is 0 Å². The standard InChI is InChI=1S/C20H27NO/c1-14(2)15(3)19-13-17(9-10-20(19)21-4)11-16-7-6-8-18(12-16)22-5/h6-10,12-15,21H,11H2,1-5H3. The third kappa shape index (κ3) is 3.82. The molecule has 22 heavy (non-hydrogen) atoms. The van der Waals surface area contributed by atoms with Crippen molar-refractivity contribution in [1.29, 1.82) is 0 Å². The van der Waals surface area contributed by atoms with E-state index in [1.807, 2.05) is 19.2 Å². The number of nitrogens with one attached hydrogen (secondary N) is 1. The van der Waals surface area contributed by atoms with Gasteiger partial charge in [-0.15, -0.1) is 0 Å². The van der Waals surface area contributed by atoms with E-state index < -0.39 is 0 Å². The van der Waals surface area contributed by atoms with Crippen molar-refractivity contribution in [3.05, 3.63) is 59.2 Å². The van der Waals surface area contributed by atoms with E-state index in [1.165, 1.54) is 22.4 Å². The summed E-state index contributed by atoms with van der Waals surface area (Å²) in [5.74, 6) is 2.08. The van der Waals surface area contributed by atoms with Gasteiger partial charge in [0.2, 0.25) is 0 Å². The lowest BCUT2D eigenvalue weighted by molar-refractivity contribution is 0.414. The van der Waals surface area contributed by atoms with E-state index in [0.717, 1.165) is 12.2 Å². The highest BCUT2D eigenvalue weighted by Gasteiger charge is 2.14. The minimum absolute atomic E-state index is 0.535. The zero-order valence-corrected chi connectivity index (χ0v) is 14.3. The summed E-state index contributed by atoms with van der Waals surface area (Å²) >= 11 is 0. The fourth-order valence-corrected chi connectivity index (χ4v) is 2.70. The van der Waals surface area contributed by atoms with Crippen molar-refractivity contribution >= 4 is 5.69 Å². The summed E-state index contributed by atoms with van der Waals surface area (Å²) in [7, 11) is 3.71. The maximum absolute atomic E-state index is 5.31. The summed E-state index contributed by atoms with van der Waals surface area (Å²) in [5.41, 5.74) is 5.25. The lowest BCUT2D eigenvalue weighted by Gasteiger charge is -2.21. The topological polar surface area (TPSA) is 21.3 Å². The second-order valence-corrected chi connectivity index (χ2v) is 6.23. The molecule has 2 aromatic carbocycles. The van der Waals surface area contributed by atoms with E-state index in [-0.39, 0.29) is 0 Å². The second kappa shape index (κ2) is 7.35. The molecule has 0 saturated carbocycles. The lowest BCUT2D eigenvalue weighted by atomic mass is 9.87. The van der Waals surface area contributed by atoms with Crippen molar-refractivity contribution in [3.8, 4) is 5.75 Å². The van der Waals surface area contributed by atoms with Gasteiger partial charge in [0.05, 0.1) is 7.11 Å². The summed E-state index contributed by atoms with van der Waals surface area (Å²) in [6.45, 7) is 6.86. The zero-order valence-electron chi connectivity index (χ0n) is 14.3. The number of anilines is 1. The third-order valence-electron chi connectivity index (χ3n) is 4.42. The predicted molar refractivity (Wildman–Crippen MR) is 95.0 cm³/mol. The van der Waals surface area contributed by atoms with Crippen LogP contribution in [0, 0.1) is 5.92 Å². The second-order valence-electron chi connectivity index (χ2n) is 6.23. The molecule has 1 N–H and O–H groups in total. The van der Waals surface area contributed by atoms with Gasteiger partial charge in [0, 0.05) is 12.7 Å². The molecule has 0 radical (unpaired) electrons. The van der Waals surface area contributed by atoms with Crippen molar-refractivity contribution in [1.82, 2.24) is 0 Å². The number of methoxy groups -OCH3 is 1. The third-order valence-corrected chi connectivity index (χ3v) is 4.42. The Bertz CT molecular complexity index is 619. The maximum Gasteiger partial charge on any atom is 0.119 e. The normalized spacial score (nSPS) is 12.3. The first kappa shape index (κ1) is 16.4. The molecule has 2 aromatic rings. The molecule has 118 valence electrons. The van der Waals surface area contributed by atoms with Gasteiger partial charge in [-0.25, -0.2) is 0 Å². The molecule has 0 aliphatic heterocycles. The van der Waals surface area contributed by atoms with Crippen molar-refractivity contribution in [2.75, 3.05) is 19.5 Å². The Hall–Kier alpha value is -1.96. The molecule has 0 fully saturated rings. The number of rotatable bonds is 6. The average molecular weight is 297 g/mol. The van der Waals surface area contributed by atoms with Gasteiger partial charge >= 0.3 is 0 Å². The molecule has 0 spiro atoms. The van der Waals surface area contributed by atoms with Gasteiger partial charge in [-0.1, -0.05) is 45.0 Å². The number of benzene rings is 2. The Morgan fingerprint density at radius 2 is 1.73 bits per heavy atom. The van der Waals surface area contributed by atoms with Gasteiger partial charge in [-0.3, -0.25) is 0 Å². The average Bonchev–Trinajstić information content (AvgIpc) is 2.54. The molecule has 0 aromatic heterocycles. The minimum atomic E-state index is 0.535. The highest BCUT2D eigenvalue weighted by Crippen LogP contribution is 2.31. The van der Waals surface area contributed by atoms with Gasteiger partial charge in [0.15, 0.2) is 0 Å². The van der Waals surface area contributed by atoms with Crippen LogP contribution in [0.4, 0.5) is 5.69 Å². The van der Waals surface area contributed by atoms with E-state index in [0.29, 0.717) is 11.8 Å². The SMILES string of the molecule is CNc1ccc(Cc2cccc(OC)c2)cc1C(C)C(C)C. The smallest absolute Gasteiger partial charge is 0.119 e. The predicted octanol–water partition coefficient (Wildman–Crippen LogP) is 5.09. The summed E-state index contributed by atoms with van der Waals surface area (Å²) in [6.07, 6.45) is 0.930. The number of ether oxygens (including phenoxy) is 1. The van der Waals surface area contributed by atoms with E-state index in [2.05, 4.69) is 56.4 Å². The van der Waals surface area contributed by atoms with Gasteiger partial charge in [-0.05, 0) is 53.1 Å². The Morgan fingerprint density at radius 3 is 2.36 bits per heavy atom. The summed E-state index contributed by atoms with van der Waals surface area (Å²) < 4.78 is 5.31. The highest BCUT2D eigenvalue weighted by molar-refractivity contribution is 5.54. The largest absolute Gasteiger partial charge is 0.497 e. The van der Waals surface area contributed by atoms with Gasteiger partial charge < -0.3 is 10.1 Å². The summed E-state index contributed by atoms with van der Waals surface area (Å²) in [6, 6.07) is 15.0. The van der Waals surface area contributed by atoms with E-state index in [4.69, 9.17) is 4.74 Å². The quantitative estimate of drug-likeness (QED) is 0.802. The summed E-state index contributed by atoms with van der Waals surface area (Å²) in [5, 5.41) is 3.32. The van der Waals surface area contributed by atoms with Crippen molar-refractivity contribution in [2.45, 2.75) is 33.1 Å². The van der Waals surface area contributed by atoms with Crippen LogP contribution in [0.5, 0.6) is 5.75 Å². The van der Waals surface area contributed by atoms with Crippen molar-refractivity contribution in [3.63, 3.8) is 0 Å². The lowest BCUT2D eigenvalue weighted by Crippen LogP contribution is -2.06. The van der Waals surface area contributed by atoms with Crippen molar-refractivity contribution in [2.24, 2.45) is 5.92 Å². The van der Waals surface area contributed by atoms with Crippen LogP contribution in [0.1, 0.15) is 43.4 Å². The number of hydrogen-bond acceptors (Lipinski definition) is 2. The highest BCUT2D eigenvalue weighted by atomic mass is 16.5. The minimum Gasteiger partial charge on any atom is -0.497 e. The van der Waals surface area contributed by atoms with Crippen LogP contribution in [-0.2, 0) is 6.42 Å². The first-order chi connectivity index (χ1) is 10.5. The molecule has 0 aliphatic carbocycles. The van der Waals surface area contributed by atoms with E-state index in [1.54, 1.807) is 7.11 Å². The van der Waals surface area contributed by atoms with Gasteiger partial charge in [0.25, 0.3) is 0 Å². The van der Waals surface area contributed by atoms with Crippen LogP contribution in [-0.4, -0.2) is 14.2 Å². The summed E-state index contributed by atoms with van der Waals surface area (Å²) in [4.78, 5) is 0.